The molecule has 3 rings (SSSR count). The lowest BCUT2D eigenvalue weighted by Crippen LogP contribution is -2.26. The lowest BCUT2D eigenvalue weighted by molar-refractivity contribution is 0.299. The molecule has 2 nitrogen and oxygen atoms in total. The van der Waals surface area contributed by atoms with Crippen molar-refractivity contribution >= 4 is 15.9 Å². The van der Waals surface area contributed by atoms with E-state index < -0.39 is 0 Å². The van der Waals surface area contributed by atoms with Crippen LogP contribution in [0.1, 0.15) is 30.1 Å². The van der Waals surface area contributed by atoms with Crippen molar-refractivity contribution in [3.63, 3.8) is 0 Å². The van der Waals surface area contributed by atoms with Crippen LogP contribution in [0.4, 0.5) is 4.39 Å². The Morgan fingerprint density at radius 1 is 1.30 bits per heavy atom. The lowest BCUT2D eigenvalue weighted by Gasteiger charge is -2.19. The quantitative estimate of drug-likeness (QED) is 0.899. The molecule has 20 heavy (non-hydrogen) atoms. The third-order valence-electron chi connectivity index (χ3n) is 3.58. The van der Waals surface area contributed by atoms with Gasteiger partial charge in [0.15, 0.2) is 0 Å². The Bertz CT molecular complexity index is 632. The van der Waals surface area contributed by atoms with Gasteiger partial charge >= 0.3 is 0 Å². The highest BCUT2D eigenvalue weighted by molar-refractivity contribution is 9.10. The van der Waals surface area contributed by atoms with E-state index in [0.717, 1.165) is 15.8 Å². The van der Waals surface area contributed by atoms with Crippen LogP contribution < -0.4 is 10.1 Å². The zero-order valence-electron chi connectivity index (χ0n) is 11.1. The first-order valence-electron chi connectivity index (χ1n) is 6.58. The van der Waals surface area contributed by atoms with Crippen LogP contribution in [0.15, 0.2) is 46.9 Å². The standard InChI is InChI=1S/C16H15BrFNO/c1-10(12-7-6-11(17)8-14(12)18)19-15-9-20-16-5-3-2-4-13(15)16/h2-8,10,15,19H,9H2,1H3. The molecule has 2 aromatic rings. The number of nitrogens with one attached hydrogen (secondary N) is 1. The molecule has 0 saturated carbocycles. The number of fused-ring (bicyclic) bond motifs is 1. The van der Waals surface area contributed by atoms with Gasteiger partial charge < -0.3 is 10.1 Å². The molecule has 0 amide bonds. The molecule has 2 atom stereocenters. The van der Waals surface area contributed by atoms with Crippen LogP contribution >= 0.6 is 15.9 Å². The van der Waals surface area contributed by atoms with Crippen LogP contribution in [-0.4, -0.2) is 6.61 Å². The number of rotatable bonds is 3. The number of benzene rings is 2. The second-order valence-corrected chi connectivity index (χ2v) is 5.87. The van der Waals surface area contributed by atoms with E-state index in [0.29, 0.717) is 12.2 Å². The molecule has 1 aliphatic heterocycles. The molecular weight excluding hydrogens is 321 g/mol. The molecule has 0 aromatic heterocycles. The smallest absolute Gasteiger partial charge is 0.129 e. The minimum Gasteiger partial charge on any atom is -0.491 e. The Hall–Kier alpha value is -1.39. The Kier molecular flexibility index (Phi) is 3.76. The van der Waals surface area contributed by atoms with Gasteiger partial charge in [0.2, 0.25) is 0 Å². The third kappa shape index (κ3) is 2.58. The van der Waals surface area contributed by atoms with E-state index in [1.165, 1.54) is 6.07 Å². The van der Waals surface area contributed by atoms with Crippen molar-refractivity contribution in [3.05, 3.63) is 63.9 Å². The molecule has 0 aliphatic carbocycles. The first kappa shape index (κ1) is 13.6. The highest BCUT2D eigenvalue weighted by atomic mass is 79.9. The van der Waals surface area contributed by atoms with Crippen molar-refractivity contribution in [2.45, 2.75) is 19.0 Å². The topological polar surface area (TPSA) is 21.3 Å². The van der Waals surface area contributed by atoms with Crippen molar-refractivity contribution in [2.24, 2.45) is 0 Å². The molecule has 0 fully saturated rings. The maximum atomic E-state index is 14.0. The second-order valence-electron chi connectivity index (χ2n) is 4.96. The Morgan fingerprint density at radius 3 is 2.90 bits per heavy atom. The SMILES string of the molecule is CC(NC1COc2ccccc21)c1ccc(Br)cc1F. The molecule has 1 heterocycles. The summed E-state index contributed by atoms with van der Waals surface area (Å²) in [7, 11) is 0. The minimum absolute atomic E-state index is 0.0807. The first-order valence-corrected chi connectivity index (χ1v) is 7.37. The summed E-state index contributed by atoms with van der Waals surface area (Å²) in [6.45, 7) is 2.55. The fraction of sp³-hybridized carbons (Fsp3) is 0.250. The van der Waals surface area contributed by atoms with E-state index in [-0.39, 0.29) is 17.9 Å². The normalized spacial score (nSPS) is 18.4. The molecule has 1 aliphatic rings. The van der Waals surface area contributed by atoms with Gasteiger partial charge in [-0.05, 0) is 25.1 Å². The van der Waals surface area contributed by atoms with Gasteiger partial charge in [0.25, 0.3) is 0 Å². The summed E-state index contributed by atoms with van der Waals surface area (Å²) < 4.78 is 20.4. The summed E-state index contributed by atoms with van der Waals surface area (Å²) in [4.78, 5) is 0. The third-order valence-corrected chi connectivity index (χ3v) is 4.07. The van der Waals surface area contributed by atoms with Gasteiger partial charge in [-0.15, -0.1) is 0 Å². The predicted molar refractivity (Wildman–Crippen MR) is 80.3 cm³/mol. The summed E-state index contributed by atoms with van der Waals surface area (Å²) in [5.41, 5.74) is 1.80. The Balaban J connectivity index is 1.79. The molecule has 0 radical (unpaired) electrons. The van der Waals surface area contributed by atoms with Gasteiger partial charge in [0.1, 0.15) is 18.2 Å². The summed E-state index contributed by atoms with van der Waals surface area (Å²) in [5.74, 6) is 0.708. The summed E-state index contributed by atoms with van der Waals surface area (Å²) in [6.07, 6.45) is 0. The van der Waals surface area contributed by atoms with Crippen molar-refractivity contribution in [1.29, 1.82) is 0 Å². The molecule has 2 aromatic carbocycles. The Labute approximate surface area is 126 Å². The largest absolute Gasteiger partial charge is 0.491 e. The van der Waals surface area contributed by atoms with Crippen LogP contribution in [0.2, 0.25) is 0 Å². The van der Waals surface area contributed by atoms with Gasteiger partial charge in [-0.2, -0.15) is 0 Å². The van der Waals surface area contributed by atoms with Gasteiger partial charge in [-0.3, -0.25) is 0 Å². The van der Waals surface area contributed by atoms with Gasteiger partial charge in [0.05, 0.1) is 6.04 Å². The number of halogens is 2. The number of hydrogen-bond donors (Lipinski definition) is 1. The maximum absolute atomic E-state index is 14.0. The molecular formula is C16H15BrFNO. The van der Waals surface area contributed by atoms with Crippen LogP contribution in [-0.2, 0) is 0 Å². The van der Waals surface area contributed by atoms with Crippen LogP contribution in [0.25, 0.3) is 0 Å². The predicted octanol–water partition coefficient (Wildman–Crippen LogP) is 4.37. The average Bonchev–Trinajstić information content (AvgIpc) is 2.82. The van der Waals surface area contributed by atoms with E-state index in [4.69, 9.17) is 4.74 Å². The summed E-state index contributed by atoms with van der Waals surface area (Å²) >= 11 is 3.27. The monoisotopic (exact) mass is 335 g/mol. The average molecular weight is 336 g/mol. The van der Waals surface area contributed by atoms with Crippen LogP contribution in [0.5, 0.6) is 5.75 Å². The Morgan fingerprint density at radius 2 is 2.10 bits per heavy atom. The molecule has 2 unspecified atom stereocenters. The van der Waals surface area contributed by atoms with Crippen molar-refractivity contribution < 1.29 is 9.13 Å². The minimum atomic E-state index is -0.202. The van der Waals surface area contributed by atoms with Gasteiger partial charge in [0, 0.05) is 21.6 Å². The van der Waals surface area contributed by atoms with Crippen LogP contribution in [0, 0.1) is 5.82 Å². The van der Waals surface area contributed by atoms with Gasteiger partial charge in [-0.25, -0.2) is 4.39 Å². The van der Waals surface area contributed by atoms with E-state index in [9.17, 15) is 4.39 Å². The molecule has 1 N–H and O–H groups in total. The molecule has 0 bridgehead atoms. The van der Waals surface area contributed by atoms with E-state index in [2.05, 4.69) is 21.2 Å². The zero-order chi connectivity index (χ0) is 14.1. The molecule has 4 heteroatoms. The number of para-hydroxylation sites is 1. The number of hydrogen-bond acceptors (Lipinski definition) is 2. The molecule has 104 valence electrons. The highest BCUT2D eigenvalue weighted by Gasteiger charge is 2.25. The maximum Gasteiger partial charge on any atom is 0.129 e. The van der Waals surface area contributed by atoms with E-state index >= 15 is 0 Å². The lowest BCUT2D eigenvalue weighted by atomic mass is 10.0. The van der Waals surface area contributed by atoms with E-state index in [1.54, 1.807) is 6.07 Å². The summed E-state index contributed by atoms with van der Waals surface area (Å²) in [6, 6.07) is 13.1. The molecule has 0 saturated heterocycles. The van der Waals surface area contributed by atoms with Gasteiger partial charge in [-0.1, -0.05) is 40.2 Å². The molecule has 0 spiro atoms. The van der Waals surface area contributed by atoms with Crippen molar-refractivity contribution in [1.82, 2.24) is 5.32 Å². The second kappa shape index (κ2) is 5.54. The fourth-order valence-electron chi connectivity index (χ4n) is 2.54. The van der Waals surface area contributed by atoms with Crippen LogP contribution in [0.3, 0.4) is 0 Å². The van der Waals surface area contributed by atoms with E-state index in [1.807, 2.05) is 37.3 Å². The first-order chi connectivity index (χ1) is 9.65. The van der Waals surface area contributed by atoms with Crippen molar-refractivity contribution in [2.75, 3.05) is 6.61 Å². The highest BCUT2D eigenvalue weighted by Crippen LogP contribution is 2.33. The number of ether oxygens (including phenoxy) is 1. The fourth-order valence-corrected chi connectivity index (χ4v) is 2.88. The zero-order valence-corrected chi connectivity index (χ0v) is 12.7. The van der Waals surface area contributed by atoms with Crippen molar-refractivity contribution in [3.8, 4) is 5.75 Å². The summed E-state index contributed by atoms with van der Waals surface area (Å²) in [5, 5.41) is 3.43.